The summed E-state index contributed by atoms with van der Waals surface area (Å²) in [5.41, 5.74) is 2.61. The van der Waals surface area contributed by atoms with Crippen molar-refractivity contribution >= 4 is 11.8 Å². The molecule has 0 radical (unpaired) electrons. The Morgan fingerprint density at radius 3 is 2.94 bits per heavy atom. The highest BCUT2D eigenvalue weighted by molar-refractivity contribution is 7.99. The minimum absolute atomic E-state index is 0.250. The number of hydrogen-bond donors (Lipinski definition) is 1. The molecule has 0 fully saturated rings. The Bertz CT molecular complexity index is 370. The van der Waals surface area contributed by atoms with Crippen molar-refractivity contribution in [3.05, 3.63) is 17.6 Å². The average Bonchev–Trinajstić information content (AvgIpc) is 2.61. The summed E-state index contributed by atoms with van der Waals surface area (Å²) in [5.74, 6) is 1.26. The molecule has 1 aromatic rings. The lowest BCUT2D eigenvalue weighted by Gasteiger charge is -2.11. The van der Waals surface area contributed by atoms with Gasteiger partial charge in [-0.05, 0) is 31.6 Å². The van der Waals surface area contributed by atoms with Gasteiger partial charge >= 0.3 is 0 Å². The van der Waals surface area contributed by atoms with Crippen molar-refractivity contribution in [2.75, 3.05) is 12.4 Å². The molecule has 3 nitrogen and oxygen atoms in total. The Kier molecular flexibility index (Phi) is 4.80. The SMILES string of the molecule is CC(CO)CSc1ncnc2c1CCCCC2. The Morgan fingerprint density at radius 2 is 2.12 bits per heavy atom. The number of nitrogens with zero attached hydrogens (tertiary/aromatic N) is 2. The molecule has 1 N–H and O–H groups in total. The van der Waals surface area contributed by atoms with E-state index in [2.05, 4.69) is 16.9 Å². The maximum Gasteiger partial charge on any atom is 0.116 e. The zero-order valence-electron chi connectivity index (χ0n) is 10.4. The predicted molar refractivity (Wildman–Crippen MR) is 70.3 cm³/mol. The van der Waals surface area contributed by atoms with Crippen molar-refractivity contribution in [2.24, 2.45) is 5.92 Å². The van der Waals surface area contributed by atoms with Gasteiger partial charge in [-0.1, -0.05) is 13.3 Å². The van der Waals surface area contributed by atoms with E-state index in [-0.39, 0.29) is 6.61 Å². The van der Waals surface area contributed by atoms with E-state index < -0.39 is 0 Å². The lowest BCUT2D eigenvalue weighted by Crippen LogP contribution is -2.06. The fourth-order valence-electron chi connectivity index (χ4n) is 2.07. The summed E-state index contributed by atoms with van der Waals surface area (Å²) in [5, 5.41) is 10.2. The molecule has 0 saturated heterocycles. The minimum atomic E-state index is 0.250. The maximum atomic E-state index is 9.05. The lowest BCUT2D eigenvalue weighted by molar-refractivity contribution is 0.250. The molecule has 0 bridgehead atoms. The van der Waals surface area contributed by atoms with Gasteiger partial charge < -0.3 is 5.11 Å². The van der Waals surface area contributed by atoms with Crippen molar-refractivity contribution in [3.63, 3.8) is 0 Å². The third-order valence-corrected chi connectivity index (χ3v) is 4.51. The zero-order valence-corrected chi connectivity index (χ0v) is 11.2. The molecule has 1 atom stereocenters. The molecule has 1 heterocycles. The highest BCUT2D eigenvalue weighted by atomic mass is 32.2. The summed E-state index contributed by atoms with van der Waals surface area (Å²) in [6.07, 6.45) is 7.71. The van der Waals surface area contributed by atoms with Crippen LogP contribution in [0.5, 0.6) is 0 Å². The molecular formula is C13H20N2OS. The molecule has 0 amide bonds. The van der Waals surface area contributed by atoms with Gasteiger partial charge in [-0.3, -0.25) is 0 Å². The van der Waals surface area contributed by atoms with E-state index in [0.717, 1.165) is 23.6 Å². The van der Waals surface area contributed by atoms with Crippen LogP contribution in [0.15, 0.2) is 11.4 Å². The number of fused-ring (bicyclic) bond motifs is 1. The topological polar surface area (TPSA) is 46.0 Å². The largest absolute Gasteiger partial charge is 0.396 e. The van der Waals surface area contributed by atoms with Crippen molar-refractivity contribution in [1.82, 2.24) is 9.97 Å². The van der Waals surface area contributed by atoms with Crippen molar-refractivity contribution < 1.29 is 5.11 Å². The molecule has 4 heteroatoms. The van der Waals surface area contributed by atoms with Gasteiger partial charge in [-0.25, -0.2) is 9.97 Å². The van der Waals surface area contributed by atoms with Crippen LogP contribution in [0, 0.1) is 5.92 Å². The highest BCUT2D eigenvalue weighted by Crippen LogP contribution is 2.28. The molecule has 0 saturated carbocycles. The predicted octanol–water partition coefficient (Wildman–Crippen LogP) is 2.47. The molecule has 0 spiro atoms. The molecular weight excluding hydrogens is 232 g/mol. The van der Waals surface area contributed by atoms with E-state index >= 15 is 0 Å². The summed E-state index contributed by atoms with van der Waals surface area (Å²) in [6.45, 7) is 2.31. The van der Waals surface area contributed by atoms with Crippen LogP contribution in [-0.2, 0) is 12.8 Å². The first-order valence-corrected chi connectivity index (χ1v) is 7.36. The number of hydrogen-bond acceptors (Lipinski definition) is 4. The van der Waals surface area contributed by atoms with Crippen molar-refractivity contribution in [2.45, 2.75) is 44.1 Å². The van der Waals surface area contributed by atoms with Crippen LogP contribution in [0.2, 0.25) is 0 Å². The maximum absolute atomic E-state index is 9.05. The Balaban J connectivity index is 2.11. The summed E-state index contributed by atoms with van der Waals surface area (Å²) in [7, 11) is 0. The van der Waals surface area contributed by atoms with Crippen LogP contribution < -0.4 is 0 Å². The Labute approximate surface area is 107 Å². The molecule has 17 heavy (non-hydrogen) atoms. The Morgan fingerprint density at radius 1 is 1.29 bits per heavy atom. The van der Waals surface area contributed by atoms with Gasteiger partial charge in [0.05, 0.1) is 0 Å². The van der Waals surface area contributed by atoms with Crippen LogP contribution in [-0.4, -0.2) is 27.4 Å². The molecule has 2 rings (SSSR count). The Hall–Kier alpha value is -0.610. The van der Waals surface area contributed by atoms with E-state index in [1.54, 1.807) is 18.1 Å². The van der Waals surface area contributed by atoms with Gasteiger partial charge in [0.15, 0.2) is 0 Å². The third-order valence-electron chi connectivity index (χ3n) is 3.15. The molecule has 1 aromatic heterocycles. The van der Waals surface area contributed by atoms with Gasteiger partial charge in [0.2, 0.25) is 0 Å². The molecule has 0 aliphatic heterocycles. The molecule has 94 valence electrons. The number of aromatic nitrogens is 2. The smallest absolute Gasteiger partial charge is 0.116 e. The number of aliphatic hydroxyl groups is 1. The van der Waals surface area contributed by atoms with Crippen LogP contribution in [0.3, 0.4) is 0 Å². The second kappa shape index (κ2) is 6.36. The van der Waals surface area contributed by atoms with Gasteiger partial charge in [-0.2, -0.15) is 0 Å². The van der Waals surface area contributed by atoms with Gasteiger partial charge in [0.1, 0.15) is 11.4 Å². The van der Waals surface area contributed by atoms with E-state index in [4.69, 9.17) is 5.11 Å². The molecule has 1 aliphatic rings. The fraction of sp³-hybridized carbons (Fsp3) is 0.692. The van der Waals surface area contributed by atoms with Crippen molar-refractivity contribution in [3.8, 4) is 0 Å². The van der Waals surface area contributed by atoms with Crippen molar-refractivity contribution in [1.29, 1.82) is 0 Å². The standard InChI is InChI=1S/C13H20N2OS/c1-10(7-16)8-17-13-11-5-3-2-4-6-12(11)14-9-15-13/h9-10,16H,2-8H2,1H3. The first-order chi connectivity index (χ1) is 8.31. The van der Waals surface area contributed by atoms with Gasteiger partial charge in [0.25, 0.3) is 0 Å². The lowest BCUT2D eigenvalue weighted by atomic mass is 10.1. The van der Waals surface area contributed by atoms with Crippen LogP contribution in [0.4, 0.5) is 0 Å². The van der Waals surface area contributed by atoms with Crippen LogP contribution in [0.25, 0.3) is 0 Å². The van der Waals surface area contributed by atoms with Crippen LogP contribution in [0.1, 0.15) is 37.4 Å². The van der Waals surface area contributed by atoms with E-state index in [0.29, 0.717) is 5.92 Å². The monoisotopic (exact) mass is 252 g/mol. The molecule has 1 unspecified atom stereocenters. The fourth-order valence-corrected chi connectivity index (χ4v) is 3.13. The number of aliphatic hydroxyl groups excluding tert-OH is 1. The zero-order chi connectivity index (χ0) is 12.1. The summed E-state index contributed by atoms with van der Waals surface area (Å²) in [6, 6.07) is 0. The number of rotatable bonds is 4. The second-order valence-corrected chi connectivity index (χ2v) is 5.77. The minimum Gasteiger partial charge on any atom is -0.396 e. The van der Waals surface area contributed by atoms with Crippen LogP contribution >= 0.6 is 11.8 Å². The molecule has 0 aromatic carbocycles. The van der Waals surface area contributed by atoms with E-state index in [1.807, 2.05) is 0 Å². The third kappa shape index (κ3) is 3.42. The summed E-state index contributed by atoms with van der Waals surface area (Å²) in [4.78, 5) is 8.82. The summed E-state index contributed by atoms with van der Waals surface area (Å²) < 4.78 is 0. The first kappa shape index (κ1) is 12.8. The van der Waals surface area contributed by atoms with Gasteiger partial charge in [-0.15, -0.1) is 11.8 Å². The quantitative estimate of drug-likeness (QED) is 0.508. The average molecular weight is 252 g/mol. The normalized spacial score (nSPS) is 17.3. The second-order valence-electron chi connectivity index (χ2n) is 4.76. The molecule has 1 aliphatic carbocycles. The number of thioether (sulfide) groups is 1. The number of aryl methyl sites for hydroxylation is 1. The van der Waals surface area contributed by atoms with Gasteiger partial charge in [0, 0.05) is 23.6 Å². The first-order valence-electron chi connectivity index (χ1n) is 6.37. The summed E-state index contributed by atoms with van der Waals surface area (Å²) >= 11 is 1.77. The highest BCUT2D eigenvalue weighted by Gasteiger charge is 2.15. The van der Waals surface area contributed by atoms with E-state index in [9.17, 15) is 0 Å². The van der Waals surface area contributed by atoms with E-state index in [1.165, 1.54) is 30.5 Å².